The van der Waals surface area contributed by atoms with Crippen LogP contribution in [0.25, 0.3) is 0 Å². The molecule has 1 amide bonds. The van der Waals surface area contributed by atoms with Crippen LogP contribution in [0.15, 0.2) is 36.7 Å². The van der Waals surface area contributed by atoms with Crippen LogP contribution in [-0.2, 0) is 11.3 Å². The van der Waals surface area contributed by atoms with E-state index in [2.05, 4.69) is 10.00 Å². The van der Waals surface area contributed by atoms with Crippen molar-refractivity contribution in [2.75, 3.05) is 37.7 Å². The molecule has 1 aromatic carbocycles. The van der Waals surface area contributed by atoms with E-state index < -0.39 is 0 Å². The number of ether oxygens (including phenoxy) is 1. The van der Waals surface area contributed by atoms with E-state index in [1.807, 2.05) is 40.0 Å². The predicted molar refractivity (Wildman–Crippen MR) is 105 cm³/mol. The molecule has 0 bridgehead atoms. The van der Waals surface area contributed by atoms with Gasteiger partial charge < -0.3 is 14.5 Å². The molecule has 2 aliphatic rings. The molecule has 2 fully saturated rings. The van der Waals surface area contributed by atoms with Gasteiger partial charge in [0.05, 0.1) is 23.4 Å². The van der Waals surface area contributed by atoms with Gasteiger partial charge in [0.25, 0.3) is 5.91 Å². The van der Waals surface area contributed by atoms with Gasteiger partial charge >= 0.3 is 0 Å². The number of carbonyl (C=O) groups excluding carboxylic acids is 1. The third-order valence-electron chi connectivity index (χ3n) is 5.23. The van der Waals surface area contributed by atoms with Crippen molar-refractivity contribution in [2.24, 2.45) is 0 Å². The van der Waals surface area contributed by atoms with E-state index in [0.717, 1.165) is 25.2 Å². The molecule has 0 N–H and O–H groups in total. The van der Waals surface area contributed by atoms with Crippen molar-refractivity contribution < 1.29 is 9.53 Å². The molecule has 1 atom stereocenters. The molecule has 0 unspecified atom stereocenters. The summed E-state index contributed by atoms with van der Waals surface area (Å²) in [6, 6.07) is 7.59. The number of amides is 1. The number of carbonyl (C=O) groups is 1. The maximum atomic E-state index is 13.1. The largest absolute Gasteiger partial charge is 0.374 e. The van der Waals surface area contributed by atoms with E-state index >= 15 is 0 Å². The Kier molecular flexibility index (Phi) is 5.64. The third-order valence-corrected chi connectivity index (χ3v) is 5.53. The highest BCUT2D eigenvalue weighted by Crippen LogP contribution is 2.30. The van der Waals surface area contributed by atoms with E-state index in [9.17, 15) is 4.79 Å². The van der Waals surface area contributed by atoms with Crippen LogP contribution in [0, 0.1) is 0 Å². The number of rotatable bonds is 4. The van der Waals surface area contributed by atoms with Crippen molar-refractivity contribution in [3.8, 4) is 0 Å². The molecule has 27 heavy (non-hydrogen) atoms. The second kappa shape index (κ2) is 8.31. The van der Waals surface area contributed by atoms with Crippen LogP contribution in [0.5, 0.6) is 0 Å². The minimum absolute atomic E-state index is 0.0147. The fourth-order valence-corrected chi connectivity index (χ4v) is 4.14. The zero-order valence-corrected chi connectivity index (χ0v) is 16.1. The number of benzene rings is 1. The molecule has 0 radical (unpaired) electrons. The summed E-state index contributed by atoms with van der Waals surface area (Å²) in [6.07, 6.45) is 6.84. The normalized spacial score (nSPS) is 20.7. The Morgan fingerprint density at radius 1 is 1.22 bits per heavy atom. The minimum atomic E-state index is -0.0595. The van der Waals surface area contributed by atoms with E-state index in [1.165, 1.54) is 12.8 Å². The van der Waals surface area contributed by atoms with Crippen molar-refractivity contribution in [1.29, 1.82) is 0 Å². The van der Waals surface area contributed by atoms with Gasteiger partial charge in [0, 0.05) is 50.7 Å². The second-order valence-electron chi connectivity index (χ2n) is 7.19. The minimum Gasteiger partial charge on any atom is -0.374 e. The summed E-state index contributed by atoms with van der Waals surface area (Å²) in [5.41, 5.74) is 1.67. The molecule has 4 rings (SSSR count). The number of hydrogen-bond acceptors (Lipinski definition) is 4. The van der Waals surface area contributed by atoms with Gasteiger partial charge in [-0.1, -0.05) is 11.6 Å². The Morgan fingerprint density at radius 2 is 2.07 bits per heavy atom. The molecule has 1 aromatic heterocycles. The van der Waals surface area contributed by atoms with Gasteiger partial charge in [-0.2, -0.15) is 5.10 Å². The Bertz CT molecular complexity index is 774. The molecule has 7 heteroatoms. The Balaban J connectivity index is 1.46. The maximum absolute atomic E-state index is 13.1. The first-order valence-corrected chi connectivity index (χ1v) is 10.0. The lowest BCUT2D eigenvalue weighted by Crippen LogP contribution is -2.38. The van der Waals surface area contributed by atoms with Gasteiger partial charge in [0.2, 0.25) is 0 Å². The molecule has 144 valence electrons. The zero-order valence-electron chi connectivity index (χ0n) is 15.4. The number of halogens is 1. The lowest BCUT2D eigenvalue weighted by molar-refractivity contribution is 0.0367. The average Bonchev–Trinajstić information content (AvgIpc) is 3.33. The molecule has 2 saturated heterocycles. The van der Waals surface area contributed by atoms with Gasteiger partial charge in [0.15, 0.2) is 0 Å². The molecular formula is C20H25ClN4O2. The number of anilines is 1. The molecule has 0 aliphatic carbocycles. The van der Waals surface area contributed by atoms with Crippen molar-refractivity contribution in [3.05, 3.63) is 47.2 Å². The van der Waals surface area contributed by atoms with Gasteiger partial charge in [-0.3, -0.25) is 9.48 Å². The average molecular weight is 389 g/mol. The molecule has 6 nitrogen and oxygen atoms in total. The number of hydrogen-bond donors (Lipinski definition) is 0. The SMILES string of the molecule is O=C(c1ccc(N2CCCC2)c(Cl)c1)N1CCCO[C@H](Cn2cccn2)C1. The summed E-state index contributed by atoms with van der Waals surface area (Å²) in [4.78, 5) is 17.2. The summed E-state index contributed by atoms with van der Waals surface area (Å²) < 4.78 is 7.76. The molecule has 3 heterocycles. The van der Waals surface area contributed by atoms with Gasteiger partial charge in [-0.25, -0.2) is 0 Å². The molecule has 2 aromatic rings. The Labute approximate surface area is 164 Å². The van der Waals surface area contributed by atoms with Crippen LogP contribution >= 0.6 is 11.6 Å². The van der Waals surface area contributed by atoms with Crippen molar-refractivity contribution in [2.45, 2.75) is 31.9 Å². The Morgan fingerprint density at radius 3 is 2.81 bits per heavy atom. The molecular weight excluding hydrogens is 364 g/mol. The summed E-state index contributed by atoms with van der Waals surface area (Å²) in [5.74, 6) is 0.0147. The number of aromatic nitrogens is 2. The molecule has 0 spiro atoms. The second-order valence-corrected chi connectivity index (χ2v) is 7.59. The van der Waals surface area contributed by atoms with Crippen LogP contribution in [0.4, 0.5) is 5.69 Å². The first-order chi connectivity index (χ1) is 13.2. The smallest absolute Gasteiger partial charge is 0.253 e. The van der Waals surface area contributed by atoms with E-state index in [-0.39, 0.29) is 12.0 Å². The quantitative estimate of drug-likeness (QED) is 0.807. The van der Waals surface area contributed by atoms with Crippen molar-refractivity contribution in [3.63, 3.8) is 0 Å². The first kappa shape index (κ1) is 18.3. The Hall–Kier alpha value is -2.05. The highest BCUT2D eigenvalue weighted by atomic mass is 35.5. The van der Waals surface area contributed by atoms with E-state index in [4.69, 9.17) is 16.3 Å². The van der Waals surface area contributed by atoms with Crippen LogP contribution in [0.2, 0.25) is 5.02 Å². The van der Waals surface area contributed by atoms with Crippen LogP contribution in [0.1, 0.15) is 29.6 Å². The zero-order chi connectivity index (χ0) is 18.6. The van der Waals surface area contributed by atoms with Gasteiger partial charge in [-0.05, 0) is 43.5 Å². The monoisotopic (exact) mass is 388 g/mol. The highest BCUT2D eigenvalue weighted by Gasteiger charge is 2.25. The fourth-order valence-electron chi connectivity index (χ4n) is 3.84. The van der Waals surface area contributed by atoms with Crippen molar-refractivity contribution >= 4 is 23.2 Å². The summed E-state index contributed by atoms with van der Waals surface area (Å²) in [5, 5.41) is 4.89. The summed E-state index contributed by atoms with van der Waals surface area (Å²) in [6.45, 7) is 4.62. The summed E-state index contributed by atoms with van der Waals surface area (Å²) >= 11 is 6.50. The van der Waals surface area contributed by atoms with Crippen LogP contribution in [-0.4, -0.2) is 59.5 Å². The molecule has 0 saturated carbocycles. The van der Waals surface area contributed by atoms with Crippen LogP contribution in [0.3, 0.4) is 0 Å². The van der Waals surface area contributed by atoms with Gasteiger partial charge in [-0.15, -0.1) is 0 Å². The number of nitrogens with zero attached hydrogens (tertiary/aromatic N) is 4. The lowest BCUT2D eigenvalue weighted by atomic mass is 10.1. The predicted octanol–water partition coefficient (Wildman–Crippen LogP) is 3.07. The van der Waals surface area contributed by atoms with E-state index in [0.29, 0.717) is 36.8 Å². The third kappa shape index (κ3) is 4.28. The standard InChI is InChI=1S/C20H25ClN4O2/c21-18-13-16(5-6-19(18)23-8-1-2-9-23)20(26)24-10-4-12-27-17(14-24)15-25-11-3-7-22-25/h3,5-7,11,13,17H,1-2,4,8-10,12,14-15H2/t17-/m0/s1. The fraction of sp³-hybridized carbons (Fsp3) is 0.500. The van der Waals surface area contributed by atoms with Crippen LogP contribution < -0.4 is 4.90 Å². The summed E-state index contributed by atoms with van der Waals surface area (Å²) in [7, 11) is 0. The van der Waals surface area contributed by atoms with E-state index in [1.54, 1.807) is 6.20 Å². The first-order valence-electron chi connectivity index (χ1n) is 9.63. The highest BCUT2D eigenvalue weighted by molar-refractivity contribution is 6.33. The van der Waals surface area contributed by atoms with Crippen molar-refractivity contribution in [1.82, 2.24) is 14.7 Å². The topological polar surface area (TPSA) is 50.6 Å². The molecule has 2 aliphatic heterocycles. The van der Waals surface area contributed by atoms with Gasteiger partial charge in [0.1, 0.15) is 0 Å². The lowest BCUT2D eigenvalue weighted by Gasteiger charge is -2.25. The maximum Gasteiger partial charge on any atom is 0.253 e.